The van der Waals surface area contributed by atoms with Crippen LogP contribution in [0.15, 0.2) is 27.6 Å². The molecule has 1 aromatic carbocycles. The van der Waals surface area contributed by atoms with Crippen molar-refractivity contribution in [1.29, 1.82) is 0 Å². The van der Waals surface area contributed by atoms with Gasteiger partial charge in [-0.2, -0.15) is 0 Å². The highest BCUT2D eigenvalue weighted by atomic mass is 32.2. The Morgan fingerprint density at radius 3 is 2.59 bits per heavy atom. The predicted molar refractivity (Wildman–Crippen MR) is 49.0 cm³/mol. The van der Waals surface area contributed by atoms with E-state index in [1.165, 1.54) is 0 Å². The van der Waals surface area contributed by atoms with Crippen molar-refractivity contribution in [3.8, 4) is 11.5 Å². The highest BCUT2D eigenvalue weighted by Crippen LogP contribution is 2.42. The molecule has 0 N–H and O–H groups in total. The molecule has 2 rings (SSSR count). The highest BCUT2D eigenvalue weighted by molar-refractivity contribution is 7.90. The van der Waals surface area contributed by atoms with Crippen LogP contribution in [-0.4, -0.2) is 14.7 Å². The molecule has 1 aromatic rings. The van der Waals surface area contributed by atoms with Gasteiger partial charge in [0, 0.05) is 15.5 Å². The number of halogens is 2. The van der Waals surface area contributed by atoms with E-state index in [-0.39, 0.29) is 5.75 Å². The number of ether oxygens (including phenoxy) is 2. The van der Waals surface area contributed by atoms with E-state index in [9.17, 15) is 17.2 Å². The van der Waals surface area contributed by atoms with Crippen LogP contribution in [0.3, 0.4) is 0 Å². The number of fused-ring (bicyclic) bond motifs is 1. The molecule has 0 atom stereocenters. The molecular formula is C7H3F2N3O4S. The Bertz CT molecular complexity index is 624. The normalized spacial score (nSPS) is 16.4. The Kier molecular flexibility index (Phi) is 2.33. The predicted octanol–water partition coefficient (Wildman–Crippen LogP) is 2.01. The average molecular weight is 263 g/mol. The van der Waals surface area contributed by atoms with Gasteiger partial charge in [-0.3, -0.25) is 0 Å². The van der Waals surface area contributed by atoms with Crippen molar-refractivity contribution in [2.24, 2.45) is 4.52 Å². The third kappa shape index (κ3) is 2.08. The number of sulfonamides is 1. The smallest absolute Gasteiger partial charge is 0.395 e. The number of alkyl halides is 2. The molecule has 17 heavy (non-hydrogen) atoms. The van der Waals surface area contributed by atoms with Crippen LogP contribution < -0.4 is 9.47 Å². The van der Waals surface area contributed by atoms with Gasteiger partial charge in [-0.25, -0.2) is 8.42 Å². The Balaban J connectivity index is 2.48. The fraction of sp³-hybridized carbons (Fsp3) is 0.143. The topological polar surface area (TPSA) is 101 Å². The van der Waals surface area contributed by atoms with Crippen molar-refractivity contribution in [2.45, 2.75) is 11.2 Å². The highest BCUT2D eigenvalue weighted by Gasteiger charge is 2.43. The van der Waals surface area contributed by atoms with Gasteiger partial charge in [0.15, 0.2) is 11.5 Å². The number of rotatable bonds is 2. The summed E-state index contributed by atoms with van der Waals surface area (Å²) in [5, 5.41) is 0. The number of hydrogen-bond donors (Lipinski definition) is 0. The first-order valence-corrected chi connectivity index (χ1v) is 5.49. The van der Waals surface area contributed by atoms with Crippen molar-refractivity contribution < 1.29 is 26.7 Å². The lowest BCUT2D eigenvalue weighted by Gasteiger charge is -2.04. The van der Waals surface area contributed by atoms with Gasteiger partial charge in [-0.05, 0) is 17.7 Å². The van der Waals surface area contributed by atoms with Crippen molar-refractivity contribution >= 4 is 10.0 Å². The minimum absolute atomic E-state index is 0.296. The maximum Gasteiger partial charge on any atom is 0.586 e. The van der Waals surface area contributed by atoms with Crippen LogP contribution in [-0.2, 0) is 10.0 Å². The summed E-state index contributed by atoms with van der Waals surface area (Å²) in [4.78, 5) is 1.66. The molecule has 0 aliphatic carbocycles. The lowest BCUT2D eigenvalue weighted by atomic mass is 10.3. The fourth-order valence-electron chi connectivity index (χ4n) is 1.18. The molecule has 0 spiro atoms. The summed E-state index contributed by atoms with van der Waals surface area (Å²) in [6.07, 6.45) is -3.83. The summed E-state index contributed by atoms with van der Waals surface area (Å²) < 4.78 is 58.5. The molecule has 0 radical (unpaired) electrons. The molecule has 90 valence electrons. The van der Waals surface area contributed by atoms with Crippen molar-refractivity contribution in [3.05, 3.63) is 28.6 Å². The summed E-state index contributed by atoms with van der Waals surface area (Å²) in [6.45, 7) is 0. The average Bonchev–Trinajstić information content (AvgIpc) is 2.50. The molecule has 0 amide bonds. The maximum atomic E-state index is 12.6. The first-order chi connectivity index (χ1) is 7.84. The van der Waals surface area contributed by atoms with Gasteiger partial charge in [0.1, 0.15) is 0 Å². The first-order valence-electron chi connectivity index (χ1n) is 4.05. The standard InChI is InChI=1S/C7H3F2N3O4S/c8-7(9)15-5-2-1-4(3-6(5)16-7)17(13,14)12-11-10/h1-3H. The van der Waals surface area contributed by atoms with Crippen LogP contribution in [0.25, 0.3) is 10.4 Å². The SMILES string of the molecule is [N-]=[N+]=NS(=O)(=O)c1ccc2c(c1)OC(F)(F)O2. The third-order valence-corrected chi connectivity index (χ3v) is 2.95. The molecule has 0 unspecified atom stereocenters. The zero-order valence-corrected chi connectivity index (χ0v) is 8.69. The summed E-state index contributed by atoms with van der Waals surface area (Å²) in [7, 11) is -4.24. The van der Waals surface area contributed by atoms with Crippen LogP contribution in [0.4, 0.5) is 8.78 Å². The Morgan fingerprint density at radius 1 is 1.29 bits per heavy atom. The van der Waals surface area contributed by atoms with Gasteiger partial charge in [-0.15, -0.1) is 8.78 Å². The van der Waals surface area contributed by atoms with E-state index in [0.29, 0.717) is 0 Å². The fourth-order valence-corrected chi connectivity index (χ4v) is 1.87. The van der Waals surface area contributed by atoms with E-state index in [2.05, 4.69) is 18.9 Å². The summed E-state index contributed by atoms with van der Waals surface area (Å²) in [6, 6.07) is 2.74. The minimum atomic E-state index is -4.24. The van der Waals surface area contributed by atoms with Gasteiger partial charge in [0.25, 0.3) is 10.0 Å². The lowest BCUT2D eigenvalue weighted by Crippen LogP contribution is -2.25. The van der Waals surface area contributed by atoms with Crippen molar-refractivity contribution in [1.82, 2.24) is 0 Å². The summed E-state index contributed by atoms with van der Waals surface area (Å²) in [5.74, 6) is -0.737. The van der Waals surface area contributed by atoms with Gasteiger partial charge in [0.2, 0.25) is 0 Å². The van der Waals surface area contributed by atoms with E-state index in [4.69, 9.17) is 5.53 Å². The molecule has 0 bridgehead atoms. The summed E-state index contributed by atoms with van der Waals surface area (Å²) in [5.41, 5.74) is 8.04. The van der Waals surface area contributed by atoms with Gasteiger partial charge < -0.3 is 9.47 Å². The van der Waals surface area contributed by atoms with E-state index in [0.717, 1.165) is 18.2 Å². The molecular weight excluding hydrogens is 260 g/mol. The second-order valence-corrected chi connectivity index (χ2v) is 4.51. The van der Waals surface area contributed by atoms with Crippen LogP contribution in [0.2, 0.25) is 0 Å². The maximum absolute atomic E-state index is 12.6. The number of hydrogen-bond acceptors (Lipinski definition) is 4. The molecule has 0 saturated heterocycles. The van der Waals surface area contributed by atoms with Crippen LogP contribution in [0.1, 0.15) is 0 Å². The molecule has 1 heterocycles. The Labute approximate surface area is 93.2 Å². The molecule has 0 aromatic heterocycles. The van der Waals surface area contributed by atoms with Gasteiger partial charge in [0.05, 0.1) is 4.90 Å². The third-order valence-electron chi connectivity index (χ3n) is 1.81. The first kappa shape index (κ1) is 11.4. The molecule has 7 nitrogen and oxygen atoms in total. The van der Waals surface area contributed by atoms with E-state index in [1.807, 2.05) is 0 Å². The van der Waals surface area contributed by atoms with Crippen molar-refractivity contribution in [2.75, 3.05) is 0 Å². The zero-order valence-electron chi connectivity index (χ0n) is 7.87. The number of benzene rings is 1. The molecule has 1 aliphatic rings. The molecule has 0 fully saturated rings. The van der Waals surface area contributed by atoms with E-state index < -0.39 is 27.0 Å². The number of azide groups is 1. The van der Waals surface area contributed by atoms with E-state index in [1.54, 1.807) is 0 Å². The molecule has 0 saturated carbocycles. The van der Waals surface area contributed by atoms with Gasteiger partial charge >= 0.3 is 6.29 Å². The van der Waals surface area contributed by atoms with E-state index >= 15 is 0 Å². The zero-order chi connectivity index (χ0) is 12.7. The van der Waals surface area contributed by atoms with Crippen molar-refractivity contribution in [3.63, 3.8) is 0 Å². The summed E-state index contributed by atoms with van der Waals surface area (Å²) >= 11 is 0. The monoisotopic (exact) mass is 263 g/mol. The quantitative estimate of drug-likeness (QED) is 0.462. The Hall–Kier alpha value is -2.06. The van der Waals surface area contributed by atoms with Crippen LogP contribution in [0.5, 0.6) is 11.5 Å². The second kappa shape index (κ2) is 3.47. The Morgan fingerprint density at radius 2 is 1.94 bits per heavy atom. The van der Waals surface area contributed by atoms with Crippen LogP contribution >= 0.6 is 0 Å². The largest absolute Gasteiger partial charge is 0.586 e. The van der Waals surface area contributed by atoms with Gasteiger partial charge in [-0.1, -0.05) is 0 Å². The van der Waals surface area contributed by atoms with Crippen LogP contribution in [0, 0.1) is 0 Å². The number of nitrogens with zero attached hydrogens (tertiary/aromatic N) is 3. The molecule has 1 aliphatic heterocycles. The second-order valence-electron chi connectivity index (χ2n) is 2.92. The molecule has 10 heteroatoms. The minimum Gasteiger partial charge on any atom is -0.395 e. The lowest BCUT2D eigenvalue weighted by molar-refractivity contribution is -0.286.